The van der Waals surface area contributed by atoms with Crippen molar-refractivity contribution in [3.8, 4) is 11.1 Å². The van der Waals surface area contributed by atoms with Gasteiger partial charge in [0.15, 0.2) is 6.29 Å². The van der Waals surface area contributed by atoms with Gasteiger partial charge in [-0.1, -0.05) is 42.5 Å². The summed E-state index contributed by atoms with van der Waals surface area (Å²) >= 11 is 1.84. The van der Waals surface area contributed by atoms with Crippen molar-refractivity contribution in [3.63, 3.8) is 0 Å². The molecule has 0 aliphatic heterocycles. The highest BCUT2D eigenvalue weighted by Crippen LogP contribution is 2.40. The van der Waals surface area contributed by atoms with E-state index in [0.717, 1.165) is 30.4 Å². The second kappa shape index (κ2) is 6.42. The molecule has 0 atom stereocenters. The van der Waals surface area contributed by atoms with Gasteiger partial charge in [0, 0.05) is 32.6 Å². The highest BCUT2D eigenvalue weighted by molar-refractivity contribution is 7.19. The highest BCUT2D eigenvalue weighted by atomic mass is 32.1. The van der Waals surface area contributed by atoms with Crippen molar-refractivity contribution in [2.24, 2.45) is 0 Å². The van der Waals surface area contributed by atoms with E-state index in [9.17, 15) is 4.79 Å². The molecule has 0 aliphatic rings. The normalized spacial score (nSPS) is 11.2. The number of carbonyl (C=O) groups excluding carboxylic acids is 1. The van der Waals surface area contributed by atoms with Crippen molar-refractivity contribution >= 4 is 27.7 Å². The minimum absolute atomic E-state index is 0.761. The zero-order valence-electron chi connectivity index (χ0n) is 12.9. The molecule has 0 radical (unpaired) electrons. The summed E-state index contributed by atoms with van der Waals surface area (Å²) in [5.41, 5.74) is 3.03. The Hall–Kier alpha value is -1.97. The third-order valence-electron chi connectivity index (χ3n) is 3.81. The molecule has 0 saturated heterocycles. The van der Waals surface area contributed by atoms with Crippen LogP contribution < -0.4 is 0 Å². The second-order valence-electron chi connectivity index (χ2n) is 5.65. The summed E-state index contributed by atoms with van der Waals surface area (Å²) in [6.07, 6.45) is 1.95. The molecule has 2 aromatic carbocycles. The number of fused-ring (bicyclic) bond motifs is 1. The Bertz CT molecular complexity index is 804. The Labute approximate surface area is 135 Å². The smallest absolute Gasteiger partial charge is 0.150 e. The number of hydrogen-bond donors (Lipinski definition) is 0. The topological polar surface area (TPSA) is 20.3 Å². The van der Waals surface area contributed by atoms with Gasteiger partial charge in [-0.2, -0.15) is 0 Å². The minimum atomic E-state index is 0.761. The van der Waals surface area contributed by atoms with Crippen LogP contribution in [0.15, 0.2) is 48.5 Å². The predicted octanol–water partition coefficient (Wildman–Crippen LogP) is 4.48. The van der Waals surface area contributed by atoms with Gasteiger partial charge < -0.3 is 4.90 Å². The summed E-state index contributed by atoms with van der Waals surface area (Å²) in [7, 11) is 4.18. The van der Waals surface area contributed by atoms with Crippen LogP contribution in [0.4, 0.5) is 0 Å². The Morgan fingerprint density at radius 3 is 2.55 bits per heavy atom. The molecule has 0 aliphatic carbocycles. The zero-order valence-corrected chi connectivity index (χ0v) is 13.7. The van der Waals surface area contributed by atoms with E-state index in [1.807, 2.05) is 29.5 Å². The quantitative estimate of drug-likeness (QED) is 0.647. The van der Waals surface area contributed by atoms with Crippen LogP contribution in [0.5, 0.6) is 0 Å². The molecule has 0 saturated carbocycles. The molecular weight excluding hydrogens is 290 g/mol. The standard InChI is InChI=1S/C19H19NOS/c1-20(2)12-11-18-19(15-8-4-3-7-14(15)13-21)16-9-5-6-10-17(16)22-18/h3-10,13H,11-12H2,1-2H3. The number of thiophene rings is 1. The maximum absolute atomic E-state index is 11.4. The van der Waals surface area contributed by atoms with Crippen LogP contribution in [-0.4, -0.2) is 31.8 Å². The molecule has 3 rings (SSSR count). The maximum atomic E-state index is 11.4. The second-order valence-corrected chi connectivity index (χ2v) is 6.79. The van der Waals surface area contributed by atoms with Crippen LogP contribution in [0.2, 0.25) is 0 Å². The van der Waals surface area contributed by atoms with Gasteiger partial charge in [0.25, 0.3) is 0 Å². The third-order valence-corrected chi connectivity index (χ3v) is 5.04. The summed E-state index contributed by atoms with van der Waals surface area (Å²) < 4.78 is 1.28. The van der Waals surface area contributed by atoms with Gasteiger partial charge in [-0.25, -0.2) is 0 Å². The fourth-order valence-electron chi connectivity index (χ4n) is 2.72. The lowest BCUT2D eigenvalue weighted by Gasteiger charge is -2.11. The van der Waals surface area contributed by atoms with E-state index in [4.69, 9.17) is 0 Å². The molecular formula is C19H19NOS. The molecule has 22 heavy (non-hydrogen) atoms. The molecule has 1 heterocycles. The first kappa shape index (κ1) is 14.9. The van der Waals surface area contributed by atoms with E-state index in [1.165, 1.54) is 20.5 Å². The lowest BCUT2D eigenvalue weighted by molar-refractivity contribution is 0.112. The molecule has 0 N–H and O–H groups in total. The van der Waals surface area contributed by atoms with E-state index in [2.05, 4.69) is 49.3 Å². The number of nitrogens with zero attached hydrogens (tertiary/aromatic N) is 1. The molecule has 112 valence electrons. The van der Waals surface area contributed by atoms with Gasteiger partial charge >= 0.3 is 0 Å². The first-order valence-electron chi connectivity index (χ1n) is 7.40. The van der Waals surface area contributed by atoms with Crippen molar-refractivity contribution in [2.45, 2.75) is 6.42 Å². The number of benzene rings is 2. The van der Waals surface area contributed by atoms with Crippen molar-refractivity contribution < 1.29 is 4.79 Å². The number of aldehydes is 1. The molecule has 0 spiro atoms. The number of hydrogen-bond acceptors (Lipinski definition) is 3. The van der Waals surface area contributed by atoms with E-state index >= 15 is 0 Å². The lowest BCUT2D eigenvalue weighted by atomic mass is 9.96. The van der Waals surface area contributed by atoms with Crippen molar-refractivity contribution in [2.75, 3.05) is 20.6 Å². The van der Waals surface area contributed by atoms with Gasteiger partial charge in [0.2, 0.25) is 0 Å². The Kier molecular flexibility index (Phi) is 4.36. The predicted molar refractivity (Wildman–Crippen MR) is 94.9 cm³/mol. The maximum Gasteiger partial charge on any atom is 0.150 e. The lowest BCUT2D eigenvalue weighted by Crippen LogP contribution is -2.14. The average molecular weight is 309 g/mol. The molecule has 0 unspecified atom stereocenters. The summed E-state index contributed by atoms with van der Waals surface area (Å²) in [6, 6.07) is 16.3. The molecule has 0 fully saturated rings. The molecule has 1 aromatic heterocycles. The fraction of sp³-hybridized carbons (Fsp3) is 0.211. The first-order valence-corrected chi connectivity index (χ1v) is 8.22. The van der Waals surface area contributed by atoms with Crippen molar-refractivity contribution in [1.29, 1.82) is 0 Å². The number of carbonyl (C=O) groups is 1. The van der Waals surface area contributed by atoms with Gasteiger partial charge in [0.1, 0.15) is 0 Å². The molecule has 3 aromatic rings. The van der Waals surface area contributed by atoms with Gasteiger partial charge in [-0.3, -0.25) is 4.79 Å². The van der Waals surface area contributed by atoms with Crippen LogP contribution in [-0.2, 0) is 6.42 Å². The van der Waals surface area contributed by atoms with E-state index in [1.54, 1.807) is 0 Å². The van der Waals surface area contributed by atoms with Gasteiger partial charge in [-0.15, -0.1) is 11.3 Å². The zero-order chi connectivity index (χ0) is 15.5. The molecule has 0 bridgehead atoms. The van der Waals surface area contributed by atoms with Crippen LogP contribution in [0, 0.1) is 0 Å². The summed E-state index contributed by atoms with van der Waals surface area (Å²) in [6.45, 7) is 1.00. The van der Waals surface area contributed by atoms with Crippen LogP contribution in [0.1, 0.15) is 15.2 Å². The largest absolute Gasteiger partial charge is 0.309 e. The van der Waals surface area contributed by atoms with Crippen LogP contribution in [0.3, 0.4) is 0 Å². The Morgan fingerprint density at radius 1 is 1.05 bits per heavy atom. The summed E-state index contributed by atoms with van der Waals surface area (Å²) in [5, 5.41) is 1.25. The van der Waals surface area contributed by atoms with Gasteiger partial charge in [0.05, 0.1) is 0 Å². The number of likely N-dealkylation sites (N-methyl/N-ethyl adjacent to an activating group) is 1. The minimum Gasteiger partial charge on any atom is -0.309 e. The average Bonchev–Trinajstić information content (AvgIpc) is 2.91. The molecule has 2 nitrogen and oxygen atoms in total. The Balaban J connectivity index is 2.21. The van der Waals surface area contributed by atoms with Gasteiger partial charge in [-0.05, 0) is 32.1 Å². The van der Waals surface area contributed by atoms with Crippen molar-refractivity contribution in [3.05, 3.63) is 59.0 Å². The summed E-state index contributed by atoms with van der Waals surface area (Å²) in [4.78, 5) is 15.0. The first-order chi connectivity index (χ1) is 10.7. The monoisotopic (exact) mass is 309 g/mol. The van der Waals surface area contributed by atoms with E-state index in [-0.39, 0.29) is 0 Å². The van der Waals surface area contributed by atoms with E-state index < -0.39 is 0 Å². The SMILES string of the molecule is CN(C)CCc1sc2ccccc2c1-c1ccccc1C=O. The van der Waals surface area contributed by atoms with Crippen LogP contribution >= 0.6 is 11.3 Å². The van der Waals surface area contributed by atoms with E-state index in [0.29, 0.717) is 0 Å². The number of rotatable bonds is 5. The fourth-order valence-corrected chi connectivity index (χ4v) is 3.93. The highest BCUT2D eigenvalue weighted by Gasteiger charge is 2.16. The molecule has 3 heteroatoms. The third kappa shape index (κ3) is 2.82. The molecule has 0 amide bonds. The summed E-state index contributed by atoms with van der Waals surface area (Å²) in [5.74, 6) is 0. The Morgan fingerprint density at radius 2 is 1.77 bits per heavy atom. The van der Waals surface area contributed by atoms with Crippen LogP contribution in [0.25, 0.3) is 21.2 Å². The van der Waals surface area contributed by atoms with Crippen molar-refractivity contribution in [1.82, 2.24) is 4.90 Å².